The van der Waals surface area contributed by atoms with Crippen LogP contribution in [0.25, 0.3) is 0 Å². The molecule has 2 fully saturated rings. The minimum Gasteiger partial charge on any atom is -0.481 e. The summed E-state index contributed by atoms with van der Waals surface area (Å²) < 4.78 is 5.23. The van der Waals surface area contributed by atoms with Crippen LogP contribution in [0.5, 0.6) is 0 Å². The number of hydrogen-bond acceptors (Lipinski definition) is 5. The van der Waals surface area contributed by atoms with E-state index in [9.17, 15) is 19.5 Å². The maximum atomic E-state index is 13.3. The van der Waals surface area contributed by atoms with E-state index in [1.807, 2.05) is 13.8 Å². The molecule has 7 heteroatoms. The van der Waals surface area contributed by atoms with Crippen molar-refractivity contribution < 1.29 is 24.2 Å². The summed E-state index contributed by atoms with van der Waals surface area (Å²) in [5.74, 6) is -2.97. The van der Waals surface area contributed by atoms with Crippen LogP contribution in [0, 0.1) is 23.7 Å². The minimum absolute atomic E-state index is 0.0241. The van der Waals surface area contributed by atoms with Crippen molar-refractivity contribution in [2.45, 2.75) is 52.9 Å². The fourth-order valence-corrected chi connectivity index (χ4v) is 6.99. The normalized spacial score (nSPS) is 27.1. The summed E-state index contributed by atoms with van der Waals surface area (Å²) in [7, 11) is 0. The van der Waals surface area contributed by atoms with Crippen LogP contribution in [-0.4, -0.2) is 29.6 Å². The van der Waals surface area contributed by atoms with Gasteiger partial charge < -0.3 is 15.2 Å². The first-order chi connectivity index (χ1) is 13.8. The molecule has 3 aliphatic carbocycles. The van der Waals surface area contributed by atoms with E-state index in [0.717, 1.165) is 53.7 Å². The summed E-state index contributed by atoms with van der Waals surface area (Å²) in [6, 6.07) is 0. The van der Waals surface area contributed by atoms with Gasteiger partial charge >= 0.3 is 11.9 Å². The van der Waals surface area contributed by atoms with Crippen LogP contribution >= 0.6 is 11.3 Å². The number of anilines is 1. The zero-order valence-corrected chi connectivity index (χ0v) is 17.9. The number of ether oxygens (including phenoxy) is 1. The lowest BCUT2D eigenvalue weighted by atomic mass is 9.79. The molecule has 4 rings (SSSR count). The quantitative estimate of drug-likeness (QED) is 0.557. The highest BCUT2D eigenvalue weighted by atomic mass is 32.1. The predicted octanol–water partition coefficient (Wildman–Crippen LogP) is 4.05. The van der Waals surface area contributed by atoms with Gasteiger partial charge in [0.15, 0.2) is 0 Å². The highest BCUT2D eigenvalue weighted by Crippen LogP contribution is 2.57. The van der Waals surface area contributed by atoms with Crippen LogP contribution in [0.4, 0.5) is 5.00 Å². The van der Waals surface area contributed by atoms with Gasteiger partial charge in [0.2, 0.25) is 5.91 Å². The number of allylic oxidation sites excluding steroid dienone is 2. The van der Waals surface area contributed by atoms with E-state index in [1.165, 1.54) is 11.3 Å². The summed E-state index contributed by atoms with van der Waals surface area (Å²) in [6.07, 6.45) is 4.38. The summed E-state index contributed by atoms with van der Waals surface area (Å²) in [5.41, 5.74) is 3.73. The summed E-state index contributed by atoms with van der Waals surface area (Å²) in [6.45, 7) is 6.04. The first kappa shape index (κ1) is 20.1. The van der Waals surface area contributed by atoms with Gasteiger partial charge in [-0.25, -0.2) is 4.79 Å². The Bertz CT molecular complexity index is 911. The number of nitrogens with one attached hydrogen (secondary N) is 1. The topological polar surface area (TPSA) is 92.7 Å². The second-order valence-electron chi connectivity index (χ2n) is 8.41. The number of aryl methyl sites for hydroxylation is 1. The van der Waals surface area contributed by atoms with Crippen LogP contribution in [0.3, 0.4) is 0 Å². The number of carboxylic acids is 1. The van der Waals surface area contributed by atoms with Crippen molar-refractivity contribution in [2.24, 2.45) is 23.7 Å². The molecule has 0 saturated heterocycles. The molecule has 1 aromatic heterocycles. The fraction of sp³-hybridized carbons (Fsp3) is 0.591. The molecule has 6 nitrogen and oxygen atoms in total. The molecule has 156 valence electrons. The fourth-order valence-electron chi connectivity index (χ4n) is 5.71. The van der Waals surface area contributed by atoms with E-state index in [-0.39, 0.29) is 24.3 Å². The number of esters is 1. The molecule has 0 aliphatic heterocycles. The van der Waals surface area contributed by atoms with E-state index in [4.69, 9.17) is 4.74 Å². The number of hydrogen-bond donors (Lipinski definition) is 2. The van der Waals surface area contributed by atoms with Gasteiger partial charge in [0, 0.05) is 4.88 Å². The Morgan fingerprint density at radius 1 is 1.14 bits per heavy atom. The van der Waals surface area contributed by atoms with Crippen molar-refractivity contribution in [2.75, 3.05) is 11.9 Å². The van der Waals surface area contributed by atoms with E-state index < -0.39 is 23.8 Å². The molecule has 0 radical (unpaired) electrons. The molecule has 0 spiro atoms. The SMILES string of the molecule is CCOC(=O)c1c(NC(=O)[C@@H]2[C@@H](C(=O)O)[C@H]3CC[C@H]2C3=C(C)C)sc2c1CCC2. The first-order valence-electron chi connectivity index (χ1n) is 10.4. The Hall–Kier alpha value is -2.15. The van der Waals surface area contributed by atoms with Crippen molar-refractivity contribution in [1.29, 1.82) is 0 Å². The zero-order valence-electron chi connectivity index (χ0n) is 17.0. The Labute approximate surface area is 174 Å². The molecule has 3 aliphatic rings. The van der Waals surface area contributed by atoms with Gasteiger partial charge in [-0.05, 0) is 70.3 Å². The Kier molecular flexibility index (Phi) is 5.27. The second-order valence-corrected chi connectivity index (χ2v) is 9.51. The molecule has 0 aromatic carbocycles. The van der Waals surface area contributed by atoms with Gasteiger partial charge in [0.25, 0.3) is 0 Å². The van der Waals surface area contributed by atoms with E-state index in [1.54, 1.807) is 6.92 Å². The molecule has 1 heterocycles. The second kappa shape index (κ2) is 7.59. The number of fused-ring (bicyclic) bond motifs is 3. The molecular formula is C22H27NO5S. The monoisotopic (exact) mass is 417 g/mol. The number of carboxylic acid groups (broad SMARTS) is 1. The highest BCUT2D eigenvalue weighted by Gasteiger charge is 2.57. The van der Waals surface area contributed by atoms with Crippen LogP contribution in [0.2, 0.25) is 0 Å². The zero-order chi connectivity index (χ0) is 20.9. The third-order valence-corrected chi connectivity index (χ3v) is 7.85. The van der Waals surface area contributed by atoms with Crippen molar-refractivity contribution in [3.05, 3.63) is 27.2 Å². The number of amides is 1. The smallest absolute Gasteiger partial charge is 0.341 e. The van der Waals surface area contributed by atoms with Crippen LogP contribution in [-0.2, 0) is 27.2 Å². The molecule has 29 heavy (non-hydrogen) atoms. The predicted molar refractivity (Wildman–Crippen MR) is 110 cm³/mol. The molecule has 0 unspecified atom stereocenters. The van der Waals surface area contributed by atoms with Crippen molar-refractivity contribution in [1.82, 2.24) is 0 Å². The maximum absolute atomic E-state index is 13.3. The first-order valence-corrected chi connectivity index (χ1v) is 11.2. The average Bonchev–Trinajstić information content (AvgIpc) is 3.39. The summed E-state index contributed by atoms with van der Waals surface area (Å²) >= 11 is 1.43. The molecule has 2 bridgehead atoms. The van der Waals surface area contributed by atoms with Crippen LogP contribution < -0.4 is 5.32 Å². The number of rotatable bonds is 5. The maximum Gasteiger partial charge on any atom is 0.341 e. The van der Waals surface area contributed by atoms with Crippen molar-refractivity contribution >= 4 is 34.2 Å². The van der Waals surface area contributed by atoms with Gasteiger partial charge in [-0.3, -0.25) is 9.59 Å². The number of aliphatic carboxylic acids is 1. The number of thiophene rings is 1. The van der Waals surface area contributed by atoms with Crippen LogP contribution in [0.15, 0.2) is 11.1 Å². The lowest BCUT2D eigenvalue weighted by molar-refractivity contribution is -0.148. The largest absolute Gasteiger partial charge is 0.481 e. The Morgan fingerprint density at radius 3 is 2.45 bits per heavy atom. The van der Waals surface area contributed by atoms with Crippen LogP contribution in [0.1, 0.15) is 60.8 Å². The summed E-state index contributed by atoms with van der Waals surface area (Å²) in [4.78, 5) is 39.0. The lowest BCUT2D eigenvalue weighted by Crippen LogP contribution is -2.38. The Morgan fingerprint density at radius 2 is 1.83 bits per heavy atom. The number of carbonyl (C=O) groups excluding carboxylic acids is 2. The van der Waals surface area contributed by atoms with Gasteiger partial charge in [-0.2, -0.15) is 0 Å². The molecular weight excluding hydrogens is 390 g/mol. The van der Waals surface area contributed by atoms with E-state index >= 15 is 0 Å². The van der Waals surface area contributed by atoms with E-state index in [0.29, 0.717) is 10.6 Å². The van der Waals surface area contributed by atoms with Crippen molar-refractivity contribution in [3.8, 4) is 0 Å². The van der Waals surface area contributed by atoms with Crippen molar-refractivity contribution in [3.63, 3.8) is 0 Å². The van der Waals surface area contributed by atoms with Gasteiger partial charge in [-0.15, -0.1) is 11.3 Å². The molecule has 1 amide bonds. The molecule has 1 aromatic rings. The molecule has 4 atom stereocenters. The van der Waals surface area contributed by atoms with Gasteiger partial charge in [0.05, 0.1) is 24.0 Å². The van der Waals surface area contributed by atoms with E-state index in [2.05, 4.69) is 5.32 Å². The standard InChI is InChI=1S/C22H27NO5S/c1-4-28-22(27)18-11-6-5-7-14(11)29-20(18)23-19(24)16-12-8-9-13(15(12)10(2)3)17(16)21(25)26/h12-13,16-17H,4-9H2,1-3H3,(H,23,24)(H,25,26)/t12-,13-,16-,17-/m0/s1. The third-order valence-electron chi connectivity index (χ3n) is 6.64. The molecule has 2 saturated carbocycles. The Balaban J connectivity index is 1.66. The summed E-state index contributed by atoms with van der Waals surface area (Å²) in [5, 5.41) is 13.3. The average molecular weight is 418 g/mol. The minimum atomic E-state index is -0.907. The highest BCUT2D eigenvalue weighted by molar-refractivity contribution is 7.17. The lowest BCUT2D eigenvalue weighted by Gasteiger charge is -2.26. The third kappa shape index (κ3) is 3.19. The molecule has 2 N–H and O–H groups in total. The van der Waals surface area contributed by atoms with Gasteiger partial charge in [-0.1, -0.05) is 11.1 Å². The van der Waals surface area contributed by atoms with Gasteiger partial charge in [0.1, 0.15) is 5.00 Å². The number of carbonyl (C=O) groups is 3.